The molecule has 0 heterocycles. The van der Waals surface area contributed by atoms with Crippen molar-refractivity contribution in [3.63, 3.8) is 0 Å². The summed E-state index contributed by atoms with van der Waals surface area (Å²) < 4.78 is 0. The maximum absolute atomic E-state index is 11.8. The lowest BCUT2D eigenvalue weighted by atomic mass is 10.0. The molecule has 0 rings (SSSR count). The van der Waals surface area contributed by atoms with Gasteiger partial charge in [-0.3, -0.25) is 9.59 Å². The van der Waals surface area contributed by atoms with Crippen LogP contribution in [0.2, 0.25) is 0 Å². The van der Waals surface area contributed by atoms with Gasteiger partial charge in [-0.15, -0.1) is 0 Å². The summed E-state index contributed by atoms with van der Waals surface area (Å²) in [5.74, 6) is -0.313. The van der Waals surface area contributed by atoms with Crippen molar-refractivity contribution in [2.24, 2.45) is 17.6 Å². The standard InChI is InChI=1S/C11H23N3O2/c1-7(2)9(12)11(16)14(5)6-8(3)10(15)13-4/h7-9H,6,12H2,1-5H3,(H,13,15)/t8?,9-/m1/s1. The van der Waals surface area contributed by atoms with Gasteiger partial charge in [0.25, 0.3) is 0 Å². The van der Waals surface area contributed by atoms with Crippen LogP contribution in [-0.4, -0.2) is 43.4 Å². The molecule has 3 N–H and O–H groups in total. The summed E-state index contributed by atoms with van der Waals surface area (Å²) in [5.41, 5.74) is 5.75. The van der Waals surface area contributed by atoms with Gasteiger partial charge in [-0.1, -0.05) is 20.8 Å². The fourth-order valence-electron chi connectivity index (χ4n) is 1.37. The Morgan fingerprint density at radius 1 is 1.31 bits per heavy atom. The van der Waals surface area contributed by atoms with Gasteiger partial charge in [0.15, 0.2) is 0 Å². The molecule has 0 aromatic rings. The molecule has 0 aliphatic rings. The molecule has 0 aromatic carbocycles. The van der Waals surface area contributed by atoms with Crippen LogP contribution in [0.3, 0.4) is 0 Å². The summed E-state index contributed by atoms with van der Waals surface area (Å²) in [6.07, 6.45) is 0. The molecule has 0 fully saturated rings. The van der Waals surface area contributed by atoms with E-state index in [9.17, 15) is 9.59 Å². The maximum Gasteiger partial charge on any atom is 0.239 e. The number of carbonyl (C=O) groups is 2. The molecule has 0 spiro atoms. The van der Waals surface area contributed by atoms with Crippen molar-refractivity contribution >= 4 is 11.8 Å². The minimum Gasteiger partial charge on any atom is -0.359 e. The van der Waals surface area contributed by atoms with Gasteiger partial charge in [0.05, 0.1) is 12.0 Å². The highest BCUT2D eigenvalue weighted by Gasteiger charge is 2.23. The fourth-order valence-corrected chi connectivity index (χ4v) is 1.37. The van der Waals surface area contributed by atoms with E-state index >= 15 is 0 Å². The number of carbonyl (C=O) groups excluding carboxylic acids is 2. The zero-order valence-electron chi connectivity index (χ0n) is 10.8. The normalized spacial score (nSPS) is 14.4. The molecule has 0 bridgehead atoms. The van der Waals surface area contributed by atoms with E-state index in [1.807, 2.05) is 13.8 Å². The Morgan fingerprint density at radius 2 is 1.81 bits per heavy atom. The van der Waals surface area contributed by atoms with Crippen molar-refractivity contribution in [2.45, 2.75) is 26.8 Å². The van der Waals surface area contributed by atoms with E-state index in [0.717, 1.165) is 0 Å². The third-order valence-electron chi connectivity index (χ3n) is 2.62. The van der Waals surface area contributed by atoms with E-state index < -0.39 is 6.04 Å². The Hall–Kier alpha value is -1.10. The van der Waals surface area contributed by atoms with Gasteiger partial charge in [0.1, 0.15) is 0 Å². The Balaban J connectivity index is 4.30. The number of nitrogens with one attached hydrogen (secondary N) is 1. The molecule has 0 aromatic heterocycles. The topological polar surface area (TPSA) is 75.4 Å². The maximum atomic E-state index is 11.8. The lowest BCUT2D eigenvalue weighted by Gasteiger charge is -2.25. The first kappa shape index (κ1) is 14.9. The average Bonchev–Trinajstić information content (AvgIpc) is 2.25. The van der Waals surface area contributed by atoms with Crippen LogP contribution in [0.5, 0.6) is 0 Å². The van der Waals surface area contributed by atoms with Crippen LogP contribution < -0.4 is 11.1 Å². The first-order valence-electron chi connectivity index (χ1n) is 5.53. The molecular formula is C11H23N3O2. The monoisotopic (exact) mass is 229 g/mol. The van der Waals surface area contributed by atoms with Crippen LogP contribution in [-0.2, 0) is 9.59 Å². The molecule has 0 saturated carbocycles. The minimum atomic E-state index is -0.498. The highest BCUT2D eigenvalue weighted by atomic mass is 16.2. The summed E-state index contributed by atoms with van der Waals surface area (Å²) in [4.78, 5) is 24.6. The van der Waals surface area contributed by atoms with Crippen molar-refractivity contribution in [1.82, 2.24) is 10.2 Å². The number of hydrogen-bond acceptors (Lipinski definition) is 3. The smallest absolute Gasteiger partial charge is 0.239 e. The van der Waals surface area contributed by atoms with Crippen LogP contribution in [0.15, 0.2) is 0 Å². The first-order chi connectivity index (χ1) is 7.31. The Kier molecular flexibility index (Phi) is 6.03. The molecule has 94 valence electrons. The van der Waals surface area contributed by atoms with Gasteiger partial charge in [-0.05, 0) is 5.92 Å². The Morgan fingerprint density at radius 3 is 2.19 bits per heavy atom. The van der Waals surface area contributed by atoms with Gasteiger partial charge >= 0.3 is 0 Å². The lowest BCUT2D eigenvalue weighted by molar-refractivity contribution is -0.134. The van der Waals surface area contributed by atoms with E-state index in [-0.39, 0.29) is 23.7 Å². The molecular weight excluding hydrogens is 206 g/mol. The van der Waals surface area contributed by atoms with Gasteiger partial charge in [0, 0.05) is 20.6 Å². The summed E-state index contributed by atoms with van der Waals surface area (Å²) in [7, 11) is 3.25. The van der Waals surface area contributed by atoms with Crippen LogP contribution in [0.4, 0.5) is 0 Å². The van der Waals surface area contributed by atoms with Crippen molar-refractivity contribution in [3.8, 4) is 0 Å². The molecule has 5 nitrogen and oxygen atoms in total. The SMILES string of the molecule is CNC(=O)C(C)CN(C)C(=O)[C@H](N)C(C)C. The Bertz CT molecular complexity index is 254. The molecule has 1 unspecified atom stereocenters. The minimum absolute atomic E-state index is 0.0715. The summed E-state index contributed by atoms with van der Waals surface area (Å²) in [6.45, 7) is 5.97. The number of nitrogens with two attached hydrogens (primary N) is 1. The van der Waals surface area contributed by atoms with Gasteiger partial charge in [0.2, 0.25) is 11.8 Å². The molecule has 16 heavy (non-hydrogen) atoms. The number of likely N-dealkylation sites (N-methyl/N-ethyl adjacent to an activating group) is 1. The number of nitrogens with zero attached hydrogens (tertiary/aromatic N) is 1. The zero-order chi connectivity index (χ0) is 12.9. The molecule has 2 amide bonds. The van der Waals surface area contributed by atoms with Gasteiger partial charge in [-0.25, -0.2) is 0 Å². The third kappa shape index (κ3) is 4.18. The lowest BCUT2D eigenvalue weighted by Crippen LogP contribution is -2.47. The third-order valence-corrected chi connectivity index (χ3v) is 2.62. The number of amides is 2. The molecule has 0 aliphatic heterocycles. The van der Waals surface area contributed by atoms with Crippen molar-refractivity contribution in [3.05, 3.63) is 0 Å². The summed E-state index contributed by atoms with van der Waals surface area (Å²) in [5, 5.41) is 2.55. The fraction of sp³-hybridized carbons (Fsp3) is 0.818. The zero-order valence-corrected chi connectivity index (χ0v) is 10.8. The molecule has 5 heteroatoms. The van der Waals surface area contributed by atoms with E-state index in [4.69, 9.17) is 5.73 Å². The van der Waals surface area contributed by atoms with Gasteiger partial charge < -0.3 is 16.0 Å². The number of hydrogen-bond donors (Lipinski definition) is 2. The van der Waals surface area contributed by atoms with E-state index in [0.29, 0.717) is 6.54 Å². The van der Waals surface area contributed by atoms with E-state index in [2.05, 4.69) is 5.32 Å². The Labute approximate surface area is 97.4 Å². The van der Waals surface area contributed by atoms with Crippen LogP contribution in [0.25, 0.3) is 0 Å². The molecule has 0 radical (unpaired) electrons. The molecule has 0 aliphatic carbocycles. The predicted octanol–water partition coefficient (Wildman–Crippen LogP) is -0.190. The second-order valence-electron chi connectivity index (χ2n) is 4.50. The van der Waals surface area contributed by atoms with Gasteiger partial charge in [-0.2, -0.15) is 0 Å². The summed E-state index contributed by atoms with van der Waals surface area (Å²) >= 11 is 0. The van der Waals surface area contributed by atoms with E-state index in [1.165, 1.54) is 4.90 Å². The number of rotatable bonds is 5. The van der Waals surface area contributed by atoms with E-state index in [1.54, 1.807) is 21.0 Å². The highest BCUT2D eigenvalue weighted by molar-refractivity contribution is 5.83. The first-order valence-corrected chi connectivity index (χ1v) is 5.53. The van der Waals surface area contributed by atoms with Crippen LogP contribution in [0, 0.1) is 11.8 Å². The summed E-state index contributed by atoms with van der Waals surface area (Å²) in [6, 6.07) is -0.498. The van der Waals surface area contributed by atoms with Crippen molar-refractivity contribution in [1.29, 1.82) is 0 Å². The average molecular weight is 229 g/mol. The van der Waals surface area contributed by atoms with Crippen molar-refractivity contribution in [2.75, 3.05) is 20.6 Å². The quantitative estimate of drug-likeness (QED) is 0.686. The van der Waals surface area contributed by atoms with Crippen LogP contribution >= 0.6 is 0 Å². The molecule has 2 atom stereocenters. The van der Waals surface area contributed by atoms with Crippen LogP contribution in [0.1, 0.15) is 20.8 Å². The second-order valence-corrected chi connectivity index (χ2v) is 4.50. The predicted molar refractivity (Wildman–Crippen MR) is 63.7 cm³/mol. The molecule has 0 saturated heterocycles. The highest BCUT2D eigenvalue weighted by Crippen LogP contribution is 2.05. The van der Waals surface area contributed by atoms with Crippen molar-refractivity contribution < 1.29 is 9.59 Å². The largest absolute Gasteiger partial charge is 0.359 e. The second kappa shape index (κ2) is 6.48.